The summed E-state index contributed by atoms with van der Waals surface area (Å²) in [4.78, 5) is 13.8. The van der Waals surface area contributed by atoms with Crippen LogP contribution in [0.15, 0.2) is 41.8 Å². The Kier molecular flexibility index (Phi) is 4.64. The first-order chi connectivity index (χ1) is 11.4. The molecule has 1 amide bonds. The summed E-state index contributed by atoms with van der Waals surface area (Å²) in [7, 11) is 0. The van der Waals surface area contributed by atoms with Crippen LogP contribution in [0.1, 0.15) is 23.3 Å². The monoisotopic (exact) mass is 355 g/mol. The topological polar surface area (TPSA) is 38.3 Å². The van der Waals surface area contributed by atoms with Crippen molar-refractivity contribution in [1.82, 2.24) is 0 Å². The minimum Gasteiger partial charge on any atom is -0.381 e. The molecule has 0 radical (unpaired) electrons. The average molecular weight is 355 g/mol. The maximum atomic E-state index is 12.9. The van der Waals surface area contributed by atoms with Crippen molar-refractivity contribution in [3.05, 3.63) is 52.2 Å². The molecule has 3 rings (SSSR count). The Morgan fingerprint density at radius 3 is 2.33 bits per heavy atom. The second kappa shape index (κ2) is 6.57. The summed E-state index contributed by atoms with van der Waals surface area (Å²) in [6, 6.07) is 8.31. The van der Waals surface area contributed by atoms with Gasteiger partial charge in [0, 0.05) is 23.8 Å². The van der Waals surface area contributed by atoms with Gasteiger partial charge >= 0.3 is 6.18 Å². The lowest BCUT2D eigenvalue weighted by Gasteiger charge is -2.35. The van der Waals surface area contributed by atoms with Crippen LogP contribution >= 0.6 is 11.3 Å². The quantitative estimate of drug-likeness (QED) is 0.883. The molecule has 1 aliphatic heterocycles. The highest BCUT2D eigenvalue weighted by Gasteiger charge is 2.42. The van der Waals surface area contributed by atoms with Gasteiger partial charge in [-0.15, -0.1) is 11.3 Å². The lowest BCUT2D eigenvalue weighted by Crippen LogP contribution is -2.44. The minimum atomic E-state index is -4.39. The number of carbonyl (C=O) groups excluding carboxylic acids is 1. The fourth-order valence-electron chi connectivity index (χ4n) is 2.85. The SMILES string of the molecule is O=C(Nc1ccc(C(F)(F)F)cc1)C1(c2cccs2)CCOCC1. The summed E-state index contributed by atoms with van der Waals surface area (Å²) in [5, 5.41) is 4.68. The van der Waals surface area contributed by atoms with E-state index in [2.05, 4.69) is 5.32 Å². The number of amides is 1. The Balaban J connectivity index is 1.82. The predicted molar refractivity (Wildman–Crippen MR) is 86.1 cm³/mol. The molecule has 0 aliphatic carbocycles. The molecule has 1 aromatic carbocycles. The maximum absolute atomic E-state index is 12.9. The van der Waals surface area contributed by atoms with Gasteiger partial charge in [-0.05, 0) is 48.6 Å². The molecule has 1 aliphatic rings. The van der Waals surface area contributed by atoms with Gasteiger partial charge in [0.05, 0.1) is 11.0 Å². The van der Waals surface area contributed by atoms with Crippen molar-refractivity contribution >= 4 is 22.9 Å². The highest BCUT2D eigenvalue weighted by molar-refractivity contribution is 7.10. The Morgan fingerprint density at radius 1 is 1.12 bits per heavy atom. The number of rotatable bonds is 3. The standard InChI is InChI=1S/C17H16F3NO2S/c18-17(19,20)12-3-5-13(6-4-12)21-15(22)16(7-9-23-10-8-16)14-2-1-11-24-14/h1-6,11H,7-10H2,(H,21,22). The fraction of sp³-hybridized carbons (Fsp3) is 0.353. The largest absolute Gasteiger partial charge is 0.416 e. The van der Waals surface area contributed by atoms with Crippen LogP contribution in [0.5, 0.6) is 0 Å². The zero-order valence-electron chi connectivity index (χ0n) is 12.7. The van der Waals surface area contributed by atoms with E-state index in [9.17, 15) is 18.0 Å². The third-order valence-electron chi connectivity index (χ3n) is 4.24. The van der Waals surface area contributed by atoms with E-state index in [0.717, 1.165) is 17.0 Å². The van der Waals surface area contributed by atoms with E-state index in [0.29, 0.717) is 31.7 Å². The molecule has 0 saturated carbocycles. The normalized spacial score (nSPS) is 17.5. The van der Waals surface area contributed by atoms with Crippen molar-refractivity contribution in [2.75, 3.05) is 18.5 Å². The third kappa shape index (κ3) is 3.32. The average Bonchev–Trinajstić information content (AvgIpc) is 3.10. The van der Waals surface area contributed by atoms with Gasteiger partial charge in [0.25, 0.3) is 0 Å². The zero-order valence-corrected chi connectivity index (χ0v) is 13.5. The first-order valence-electron chi connectivity index (χ1n) is 7.52. The molecule has 2 aromatic rings. The van der Waals surface area contributed by atoms with Crippen LogP contribution in [0.25, 0.3) is 0 Å². The molecule has 7 heteroatoms. The second-order valence-corrected chi connectivity index (χ2v) is 6.65. The fourth-order valence-corrected chi connectivity index (χ4v) is 3.83. The molecular formula is C17H16F3NO2S. The number of hydrogen-bond acceptors (Lipinski definition) is 3. The molecule has 2 heterocycles. The first kappa shape index (κ1) is 17.0. The van der Waals surface area contributed by atoms with Crippen molar-refractivity contribution in [1.29, 1.82) is 0 Å². The van der Waals surface area contributed by atoms with Gasteiger partial charge in [-0.2, -0.15) is 13.2 Å². The van der Waals surface area contributed by atoms with E-state index in [4.69, 9.17) is 4.74 Å². The van der Waals surface area contributed by atoms with Crippen LogP contribution in [0.4, 0.5) is 18.9 Å². The van der Waals surface area contributed by atoms with Gasteiger partial charge in [-0.25, -0.2) is 0 Å². The summed E-state index contributed by atoms with van der Waals surface area (Å²) in [5.74, 6) is -0.201. The van der Waals surface area contributed by atoms with Gasteiger partial charge < -0.3 is 10.1 Å². The van der Waals surface area contributed by atoms with Gasteiger partial charge in [-0.3, -0.25) is 4.79 Å². The van der Waals surface area contributed by atoms with E-state index >= 15 is 0 Å². The summed E-state index contributed by atoms with van der Waals surface area (Å²) < 4.78 is 43.2. The molecule has 0 atom stereocenters. The summed E-state index contributed by atoms with van der Waals surface area (Å²) >= 11 is 1.51. The highest BCUT2D eigenvalue weighted by Crippen LogP contribution is 2.39. The summed E-state index contributed by atoms with van der Waals surface area (Å²) in [5.41, 5.74) is -1.07. The molecule has 3 nitrogen and oxygen atoms in total. The van der Waals surface area contributed by atoms with Crippen molar-refractivity contribution in [2.45, 2.75) is 24.4 Å². The molecule has 1 fully saturated rings. The van der Waals surface area contributed by atoms with Crippen molar-refractivity contribution < 1.29 is 22.7 Å². The number of alkyl halides is 3. The molecular weight excluding hydrogens is 339 g/mol. The molecule has 1 saturated heterocycles. The number of hydrogen-bond donors (Lipinski definition) is 1. The highest BCUT2D eigenvalue weighted by atomic mass is 32.1. The Morgan fingerprint density at radius 2 is 1.79 bits per heavy atom. The minimum absolute atomic E-state index is 0.201. The third-order valence-corrected chi connectivity index (χ3v) is 5.32. The van der Waals surface area contributed by atoms with Crippen molar-refractivity contribution in [3.8, 4) is 0 Å². The predicted octanol–water partition coefficient (Wildman–Crippen LogP) is 4.45. The maximum Gasteiger partial charge on any atom is 0.416 e. The van der Waals surface area contributed by atoms with Gasteiger partial charge in [0.1, 0.15) is 0 Å². The molecule has 0 spiro atoms. The Hall–Kier alpha value is -1.86. The lowest BCUT2D eigenvalue weighted by atomic mass is 9.78. The molecule has 1 aromatic heterocycles. The Labute approximate surface area is 141 Å². The van der Waals surface area contributed by atoms with Crippen LogP contribution in [-0.2, 0) is 21.1 Å². The Bertz CT molecular complexity index is 690. The first-order valence-corrected chi connectivity index (χ1v) is 8.40. The molecule has 128 valence electrons. The van der Waals surface area contributed by atoms with Crippen LogP contribution in [0.3, 0.4) is 0 Å². The van der Waals surface area contributed by atoms with Crippen LogP contribution in [-0.4, -0.2) is 19.1 Å². The molecule has 0 bridgehead atoms. The van der Waals surface area contributed by atoms with Crippen molar-refractivity contribution in [2.24, 2.45) is 0 Å². The number of ether oxygens (including phenoxy) is 1. The molecule has 1 N–H and O–H groups in total. The van der Waals surface area contributed by atoms with Gasteiger partial charge in [0.15, 0.2) is 0 Å². The zero-order chi connectivity index (χ0) is 17.2. The smallest absolute Gasteiger partial charge is 0.381 e. The second-order valence-electron chi connectivity index (χ2n) is 5.70. The summed E-state index contributed by atoms with van der Waals surface area (Å²) in [6.07, 6.45) is -3.28. The number of anilines is 1. The number of carbonyl (C=O) groups is 1. The lowest BCUT2D eigenvalue weighted by molar-refractivity contribution is -0.137. The number of benzene rings is 1. The van der Waals surface area contributed by atoms with Gasteiger partial charge in [-0.1, -0.05) is 6.07 Å². The molecule has 0 unspecified atom stereocenters. The van der Waals surface area contributed by atoms with E-state index in [1.807, 2.05) is 17.5 Å². The van der Waals surface area contributed by atoms with Crippen LogP contribution < -0.4 is 5.32 Å². The number of thiophene rings is 1. The number of halogens is 3. The molecule has 24 heavy (non-hydrogen) atoms. The van der Waals surface area contributed by atoms with E-state index in [1.165, 1.54) is 23.5 Å². The van der Waals surface area contributed by atoms with E-state index < -0.39 is 17.2 Å². The van der Waals surface area contributed by atoms with Crippen molar-refractivity contribution in [3.63, 3.8) is 0 Å². The number of nitrogens with one attached hydrogen (secondary N) is 1. The summed E-state index contributed by atoms with van der Waals surface area (Å²) in [6.45, 7) is 0.969. The van der Waals surface area contributed by atoms with Crippen LogP contribution in [0, 0.1) is 0 Å². The van der Waals surface area contributed by atoms with E-state index in [-0.39, 0.29) is 5.91 Å². The van der Waals surface area contributed by atoms with Gasteiger partial charge in [0.2, 0.25) is 5.91 Å². The van der Waals surface area contributed by atoms with E-state index in [1.54, 1.807) is 0 Å². The van der Waals surface area contributed by atoms with Crippen LogP contribution in [0.2, 0.25) is 0 Å².